The number of rotatable bonds is 8. The number of carboxylic acid groups (broad SMARTS) is 1. The van der Waals surface area contributed by atoms with Gasteiger partial charge in [0.2, 0.25) is 0 Å². The molecule has 3 aromatic rings. The molecule has 0 saturated carbocycles. The Morgan fingerprint density at radius 2 is 2.03 bits per heavy atom. The minimum atomic E-state index is -1.14. The van der Waals surface area contributed by atoms with E-state index in [9.17, 15) is 9.90 Å². The van der Waals surface area contributed by atoms with Crippen LogP contribution >= 0.6 is 11.8 Å². The Labute approximate surface area is 172 Å². The van der Waals surface area contributed by atoms with Gasteiger partial charge >= 0.3 is 5.97 Å². The highest BCUT2D eigenvalue weighted by Crippen LogP contribution is 2.27. The van der Waals surface area contributed by atoms with Gasteiger partial charge in [0.25, 0.3) is 0 Å². The van der Waals surface area contributed by atoms with Crippen LogP contribution < -0.4 is 5.32 Å². The first-order valence-corrected chi connectivity index (χ1v) is 9.96. The molecule has 2 N–H and O–H groups in total. The predicted molar refractivity (Wildman–Crippen MR) is 112 cm³/mol. The lowest BCUT2D eigenvalue weighted by Crippen LogP contribution is -2.10. The Bertz CT molecular complexity index is 1030. The fraction of sp³-hybridized carbons (Fsp3) is 0.150. The van der Waals surface area contributed by atoms with E-state index in [1.54, 1.807) is 18.5 Å². The fourth-order valence-electron chi connectivity index (χ4n) is 2.50. The summed E-state index contributed by atoms with van der Waals surface area (Å²) in [5.74, 6) is -0.375. The van der Waals surface area contributed by atoms with Crippen molar-refractivity contribution < 1.29 is 14.6 Å². The van der Waals surface area contributed by atoms with Crippen LogP contribution in [0.5, 0.6) is 0 Å². The Kier molecular flexibility index (Phi) is 6.75. The summed E-state index contributed by atoms with van der Waals surface area (Å²) >= 11 is 1.32. The molecule has 2 aromatic heterocycles. The quantitative estimate of drug-likeness (QED) is 0.323. The third-order valence-electron chi connectivity index (χ3n) is 3.75. The van der Waals surface area contributed by atoms with Crippen molar-refractivity contribution >= 4 is 35.3 Å². The van der Waals surface area contributed by atoms with Crippen LogP contribution in [0.15, 0.2) is 54.1 Å². The Morgan fingerprint density at radius 1 is 1.24 bits per heavy atom. The van der Waals surface area contributed by atoms with E-state index in [1.165, 1.54) is 24.1 Å². The number of aromatic nitrogens is 4. The van der Waals surface area contributed by atoms with Crippen LogP contribution in [-0.4, -0.2) is 43.9 Å². The fourth-order valence-corrected chi connectivity index (χ4v) is 2.87. The second-order valence-corrected chi connectivity index (χ2v) is 6.43. The average molecular weight is 409 g/mol. The number of carbonyl (C=O) groups is 1. The van der Waals surface area contributed by atoms with Crippen LogP contribution in [0.4, 0.5) is 11.5 Å². The maximum absolute atomic E-state index is 11.9. The van der Waals surface area contributed by atoms with Crippen LogP contribution in [0.3, 0.4) is 0 Å². The summed E-state index contributed by atoms with van der Waals surface area (Å²) in [7, 11) is 0. The highest BCUT2D eigenvalue weighted by atomic mass is 32.2. The van der Waals surface area contributed by atoms with E-state index in [-0.39, 0.29) is 17.1 Å². The third kappa shape index (κ3) is 5.08. The van der Waals surface area contributed by atoms with Crippen LogP contribution in [0.25, 0.3) is 17.5 Å². The molecule has 9 heteroatoms. The minimum Gasteiger partial charge on any atom is -0.501 e. The molecule has 0 fully saturated rings. The van der Waals surface area contributed by atoms with Crippen molar-refractivity contribution in [3.05, 3.63) is 60.2 Å². The number of ether oxygens (including phenoxy) is 1. The van der Waals surface area contributed by atoms with Crippen molar-refractivity contribution in [3.63, 3.8) is 0 Å². The summed E-state index contributed by atoms with van der Waals surface area (Å²) in [5, 5.41) is 13.3. The first-order chi connectivity index (χ1) is 14.1. The molecule has 0 amide bonds. The highest BCUT2D eigenvalue weighted by Gasteiger charge is 2.19. The van der Waals surface area contributed by atoms with Crippen LogP contribution in [0, 0.1) is 0 Å². The highest BCUT2D eigenvalue weighted by molar-refractivity contribution is 7.98. The van der Waals surface area contributed by atoms with Gasteiger partial charge in [-0.3, -0.25) is 0 Å². The lowest BCUT2D eigenvalue weighted by atomic mass is 10.1. The largest absolute Gasteiger partial charge is 0.501 e. The summed E-state index contributed by atoms with van der Waals surface area (Å²) < 4.78 is 5.19. The molecule has 3 rings (SSSR count). The minimum absolute atomic E-state index is 0.0416. The number of benzene rings is 1. The van der Waals surface area contributed by atoms with Gasteiger partial charge in [-0.25, -0.2) is 24.7 Å². The van der Waals surface area contributed by atoms with Gasteiger partial charge in [-0.05, 0) is 37.5 Å². The summed E-state index contributed by atoms with van der Waals surface area (Å²) in [6.45, 7) is 2.31. The van der Waals surface area contributed by atoms with Crippen molar-refractivity contribution in [1.82, 2.24) is 19.9 Å². The van der Waals surface area contributed by atoms with Crippen molar-refractivity contribution in [2.75, 3.05) is 18.2 Å². The van der Waals surface area contributed by atoms with Gasteiger partial charge < -0.3 is 15.2 Å². The average Bonchev–Trinajstić information content (AvgIpc) is 2.74. The van der Waals surface area contributed by atoms with Crippen molar-refractivity contribution in [2.45, 2.75) is 12.1 Å². The molecule has 0 aliphatic rings. The number of thioether (sulfide) groups is 1. The smallest absolute Gasteiger partial charge is 0.341 e. The second-order valence-electron chi connectivity index (χ2n) is 5.66. The van der Waals surface area contributed by atoms with Gasteiger partial charge in [-0.1, -0.05) is 23.9 Å². The molecule has 0 saturated heterocycles. The zero-order valence-corrected chi connectivity index (χ0v) is 16.7. The second kappa shape index (κ2) is 9.65. The van der Waals surface area contributed by atoms with Gasteiger partial charge in [0.05, 0.1) is 18.6 Å². The molecule has 0 bridgehead atoms. The molecular weight excluding hydrogens is 390 g/mol. The summed E-state index contributed by atoms with van der Waals surface area (Å²) in [6, 6.07) is 9.10. The summed E-state index contributed by atoms with van der Waals surface area (Å²) in [4.78, 5) is 29.1. The van der Waals surface area contributed by atoms with E-state index in [0.717, 1.165) is 5.56 Å². The lowest BCUT2D eigenvalue weighted by molar-refractivity contribution is 0.0696. The monoisotopic (exact) mass is 409 g/mol. The molecule has 0 aliphatic carbocycles. The first kappa shape index (κ1) is 20.3. The van der Waals surface area contributed by atoms with E-state index in [1.807, 2.05) is 37.4 Å². The van der Waals surface area contributed by atoms with E-state index in [4.69, 9.17) is 4.74 Å². The molecule has 8 nitrogen and oxygen atoms in total. The van der Waals surface area contributed by atoms with Gasteiger partial charge in [0, 0.05) is 23.6 Å². The number of anilines is 2. The van der Waals surface area contributed by atoms with Gasteiger partial charge in [0.15, 0.2) is 11.0 Å². The van der Waals surface area contributed by atoms with Gasteiger partial charge in [0.1, 0.15) is 11.4 Å². The number of carboxylic acids is 1. The topological polar surface area (TPSA) is 110 Å². The van der Waals surface area contributed by atoms with Crippen molar-refractivity contribution in [1.29, 1.82) is 0 Å². The van der Waals surface area contributed by atoms with Gasteiger partial charge in [-0.15, -0.1) is 0 Å². The normalized spacial score (nSPS) is 10.8. The maximum Gasteiger partial charge on any atom is 0.341 e. The lowest BCUT2D eigenvalue weighted by Gasteiger charge is -2.12. The Hall–Kier alpha value is -3.46. The molecule has 2 heterocycles. The zero-order valence-electron chi connectivity index (χ0n) is 15.9. The van der Waals surface area contributed by atoms with E-state index in [2.05, 4.69) is 25.3 Å². The van der Waals surface area contributed by atoms with E-state index in [0.29, 0.717) is 23.3 Å². The first-order valence-electron chi connectivity index (χ1n) is 8.74. The zero-order chi connectivity index (χ0) is 20.6. The number of hydrogen-bond donors (Lipinski definition) is 2. The van der Waals surface area contributed by atoms with Crippen molar-refractivity contribution in [2.24, 2.45) is 0 Å². The van der Waals surface area contributed by atoms with E-state index >= 15 is 0 Å². The van der Waals surface area contributed by atoms with E-state index < -0.39 is 5.97 Å². The third-order valence-corrected chi connectivity index (χ3v) is 4.30. The predicted octanol–water partition coefficient (Wildman–Crippen LogP) is 4.10. The van der Waals surface area contributed by atoms with Crippen molar-refractivity contribution in [3.8, 4) is 11.4 Å². The molecule has 0 unspecified atom stereocenters. The molecule has 0 spiro atoms. The molecule has 0 aliphatic heterocycles. The Balaban J connectivity index is 2.02. The summed E-state index contributed by atoms with van der Waals surface area (Å²) in [5.41, 5.74) is 1.67. The summed E-state index contributed by atoms with van der Waals surface area (Å²) in [6.07, 6.45) is 8.10. The van der Waals surface area contributed by atoms with Crippen LogP contribution in [0.1, 0.15) is 23.0 Å². The number of hydrogen-bond acceptors (Lipinski definition) is 8. The molecule has 0 atom stereocenters. The van der Waals surface area contributed by atoms with Crippen LogP contribution in [-0.2, 0) is 4.74 Å². The standard InChI is InChI=1S/C20H19N5O3S/c1-3-28-11-8-15-16(19(26)27)18(25-20(24-15)29-2)23-14-7-4-6-13(12-14)17-21-9-5-10-22-17/h4-12H,3H2,1-2H3,(H,26,27)(H,23,24,25). The number of nitrogens with one attached hydrogen (secondary N) is 1. The molecule has 148 valence electrons. The van der Waals surface area contributed by atoms with Crippen LogP contribution in [0.2, 0.25) is 0 Å². The molecular formula is C20H19N5O3S. The molecule has 0 radical (unpaired) electrons. The SMILES string of the molecule is CCOC=Cc1nc(SC)nc(Nc2cccc(-c3ncccn3)c2)c1C(=O)O. The number of aromatic carboxylic acids is 1. The molecule has 29 heavy (non-hydrogen) atoms. The molecule has 1 aromatic carbocycles. The maximum atomic E-state index is 11.9. The van der Waals surface area contributed by atoms with Gasteiger partial charge in [-0.2, -0.15) is 0 Å². The Morgan fingerprint density at radius 3 is 2.72 bits per heavy atom. The number of nitrogens with zero attached hydrogens (tertiary/aromatic N) is 4.